The van der Waals surface area contributed by atoms with Crippen LogP contribution in [0, 0.1) is 0 Å². The van der Waals surface area contributed by atoms with E-state index in [0.717, 1.165) is 18.4 Å². The summed E-state index contributed by atoms with van der Waals surface area (Å²) in [7, 11) is 0. The van der Waals surface area contributed by atoms with Crippen molar-refractivity contribution in [2.75, 3.05) is 19.6 Å². The highest BCUT2D eigenvalue weighted by Crippen LogP contribution is 2.52. The summed E-state index contributed by atoms with van der Waals surface area (Å²) in [6, 6.07) is 10.4. The summed E-state index contributed by atoms with van der Waals surface area (Å²) in [5.74, 6) is -0.172. The predicted molar refractivity (Wildman–Crippen MR) is 78.4 cm³/mol. The molecule has 1 aromatic carbocycles. The first kappa shape index (κ1) is 14.5. The number of hydrogen-bond acceptors (Lipinski definition) is 3. The lowest BCUT2D eigenvalue weighted by Gasteiger charge is -2.19. The summed E-state index contributed by atoms with van der Waals surface area (Å²) in [5, 5.41) is 5.58. The Kier molecular flexibility index (Phi) is 4.69. The first-order valence-electron chi connectivity index (χ1n) is 6.84. The van der Waals surface area contributed by atoms with Crippen molar-refractivity contribution in [3.8, 4) is 0 Å². The van der Waals surface area contributed by atoms with Crippen molar-refractivity contribution in [1.82, 2.24) is 10.6 Å². The minimum Gasteiger partial charge on any atom is -0.348 e. The van der Waals surface area contributed by atoms with Crippen LogP contribution in [0.4, 0.5) is 0 Å². The minimum atomic E-state index is -0.172. The van der Waals surface area contributed by atoms with Crippen LogP contribution in [0.25, 0.3) is 0 Å². The summed E-state index contributed by atoms with van der Waals surface area (Å²) in [5.41, 5.74) is 2.51. The third-order valence-corrected chi connectivity index (χ3v) is 3.76. The second-order valence-corrected chi connectivity index (χ2v) is 5.13. The fourth-order valence-corrected chi connectivity index (χ4v) is 2.44. The first-order valence-corrected chi connectivity index (χ1v) is 6.84. The second kappa shape index (κ2) is 6.48. The van der Waals surface area contributed by atoms with Gasteiger partial charge in [-0.05, 0) is 18.4 Å². The molecule has 0 spiro atoms. The molecule has 0 saturated heterocycles. The molecular weight excluding hydrogens is 252 g/mol. The maximum Gasteiger partial charge on any atom is 0.234 e. The monoisotopic (exact) mass is 272 g/mol. The highest BCUT2D eigenvalue weighted by Gasteiger charge is 2.46. The Hall–Kier alpha value is -1.94. The number of hydrogen-bond donors (Lipinski definition) is 2. The van der Waals surface area contributed by atoms with Crippen LogP contribution in [0.3, 0.4) is 0 Å². The number of amides is 1. The fraction of sp³-hybridized carbons (Fsp3) is 0.375. The van der Waals surface area contributed by atoms with Gasteiger partial charge in [-0.15, -0.1) is 0 Å². The normalized spacial score (nSPS) is 15.4. The first-order chi connectivity index (χ1) is 9.69. The molecule has 1 aromatic rings. The SMILES string of the molecule is C=C(CNCC(=O)NCC=O)C1(c2ccccc2)CC1. The van der Waals surface area contributed by atoms with Gasteiger partial charge in [0.25, 0.3) is 0 Å². The number of aldehydes is 1. The number of carbonyl (C=O) groups excluding carboxylic acids is 2. The minimum absolute atomic E-state index is 0.0649. The predicted octanol–water partition coefficient (Wildman–Crippen LogP) is 1.18. The maximum absolute atomic E-state index is 11.4. The van der Waals surface area contributed by atoms with Crippen LogP contribution in [-0.4, -0.2) is 31.8 Å². The number of rotatable bonds is 8. The van der Waals surface area contributed by atoms with E-state index in [0.29, 0.717) is 12.8 Å². The summed E-state index contributed by atoms with van der Waals surface area (Å²) in [4.78, 5) is 21.5. The van der Waals surface area contributed by atoms with Gasteiger partial charge < -0.3 is 15.4 Å². The summed E-state index contributed by atoms with van der Waals surface area (Å²) < 4.78 is 0. The van der Waals surface area contributed by atoms with Gasteiger partial charge in [-0.2, -0.15) is 0 Å². The summed E-state index contributed by atoms with van der Waals surface area (Å²) >= 11 is 0. The molecular formula is C16H20N2O2. The number of carbonyl (C=O) groups is 2. The van der Waals surface area contributed by atoms with E-state index in [-0.39, 0.29) is 24.4 Å². The second-order valence-electron chi connectivity index (χ2n) is 5.13. The lowest BCUT2D eigenvalue weighted by atomic mass is 9.88. The van der Waals surface area contributed by atoms with Crippen molar-refractivity contribution in [3.63, 3.8) is 0 Å². The molecule has 106 valence electrons. The topological polar surface area (TPSA) is 58.2 Å². The average Bonchev–Trinajstić information content (AvgIpc) is 3.27. The zero-order valence-electron chi connectivity index (χ0n) is 11.5. The van der Waals surface area contributed by atoms with Gasteiger partial charge in [-0.1, -0.05) is 42.5 Å². The molecule has 0 aliphatic heterocycles. The Morgan fingerprint density at radius 1 is 1.25 bits per heavy atom. The summed E-state index contributed by atoms with van der Waals surface area (Å²) in [6.07, 6.45) is 2.91. The van der Waals surface area contributed by atoms with Crippen molar-refractivity contribution < 1.29 is 9.59 Å². The summed E-state index contributed by atoms with van der Waals surface area (Å²) in [6.45, 7) is 5.06. The standard InChI is InChI=1S/C16H20N2O2/c1-13(11-17-12-15(20)18-9-10-19)16(7-8-16)14-5-3-2-4-6-14/h2-6,10,17H,1,7-9,11-12H2,(H,18,20). The zero-order valence-corrected chi connectivity index (χ0v) is 11.5. The van der Waals surface area contributed by atoms with Crippen LogP contribution in [0.2, 0.25) is 0 Å². The van der Waals surface area contributed by atoms with E-state index in [1.807, 2.05) is 18.2 Å². The zero-order chi connectivity index (χ0) is 14.4. The van der Waals surface area contributed by atoms with E-state index in [4.69, 9.17) is 0 Å². The van der Waals surface area contributed by atoms with E-state index >= 15 is 0 Å². The molecule has 0 bridgehead atoms. The molecule has 0 radical (unpaired) electrons. The third kappa shape index (κ3) is 3.33. The van der Waals surface area contributed by atoms with Crippen LogP contribution < -0.4 is 10.6 Å². The third-order valence-electron chi connectivity index (χ3n) is 3.76. The average molecular weight is 272 g/mol. The molecule has 1 saturated carbocycles. The molecule has 1 aliphatic carbocycles. The van der Waals surface area contributed by atoms with Gasteiger partial charge in [0.2, 0.25) is 5.91 Å². The van der Waals surface area contributed by atoms with E-state index in [9.17, 15) is 9.59 Å². The van der Waals surface area contributed by atoms with E-state index in [1.54, 1.807) is 0 Å². The highest BCUT2D eigenvalue weighted by atomic mass is 16.2. The molecule has 2 rings (SSSR count). The van der Waals surface area contributed by atoms with Crippen LogP contribution in [-0.2, 0) is 15.0 Å². The van der Waals surface area contributed by atoms with Gasteiger partial charge >= 0.3 is 0 Å². The number of benzene rings is 1. The van der Waals surface area contributed by atoms with Gasteiger partial charge in [0.1, 0.15) is 6.29 Å². The fourth-order valence-electron chi connectivity index (χ4n) is 2.44. The molecule has 1 aliphatic rings. The van der Waals surface area contributed by atoms with Crippen LogP contribution in [0.1, 0.15) is 18.4 Å². The smallest absolute Gasteiger partial charge is 0.234 e. The largest absolute Gasteiger partial charge is 0.348 e. The van der Waals surface area contributed by atoms with E-state index in [2.05, 4.69) is 29.3 Å². The quantitative estimate of drug-likeness (QED) is 0.552. The van der Waals surface area contributed by atoms with Gasteiger partial charge in [0.05, 0.1) is 13.1 Å². The molecule has 2 N–H and O–H groups in total. The van der Waals surface area contributed by atoms with E-state index in [1.165, 1.54) is 5.56 Å². The van der Waals surface area contributed by atoms with Gasteiger partial charge in [0.15, 0.2) is 0 Å². The van der Waals surface area contributed by atoms with Crippen LogP contribution in [0.5, 0.6) is 0 Å². The Labute approximate surface area is 119 Å². The molecule has 1 amide bonds. The molecule has 0 atom stereocenters. The van der Waals surface area contributed by atoms with Crippen molar-refractivity contribution in [2.45, 2.75) is 18.3 Å². The Morgan fingerprint density at radius 2 is 1.95 bits per heavy atom. The van der Waals surface area contributed by atoms with Crippen molar-refractivity contribution in [1.29, 1.82) is 0 Å². The van der Waals surface area contributed by atoms with Gasteiger partial charge in [0, 0.05) is 12.0 Å². The lowest BCUT2D eigenvalue weighted by Crippen LogP contribution is -2.36. The molecule has 1 fully saturated rings. The molecule has 0 unspecified atom stereocenters. The molecule has 20 heavy (non-hydrogen) atoms. The molecule has 0 aromatic heterocycles. The molecule has 4 nitrogen and oxygen atoms in total. The maximum atomic E-state index is 11.4. The number of nitrogens with one attached hydrogen (secondary N) is 2. The molecule has 0 heterocycles. The Bertz CT molecular complexity index is 492. The highest BCUT2D eigenvalue weighted by molar-refractivity contribution is 5.80. The Balaban J connectivity index is 1.81. The van der Waals surface area contributed by atoms with Crippen molar-refractivity contribution >= 4 is 12.2 Å². The van der Waals surface area contributed by atoms with E-state index < -0.39 is 0 Å². The lowest BCUT2D eigenvalue weighted by molar-refractivity contribution is -0.121. The van der Waals surface area contributed by atoms with Gasteiger partial charge in [-0.25, -0.2) is 0 Å². The van der Waals surface area contributed by atoms with Crippen molar-refractivity contribution in [2.24, 2.45) is 0 Å². The van der Waals surface area contributed by atoms with Gasteiger partial charge in [-0.3, -0.25) is 4.79 Å². The Morgan fingerprint density at radius 3 is 2.55 bits per heavy atom. The van der Waals surface area contributed by atoms with Crippen molar-refractivity contribution in [3.05, 3.63) is 48.0 Å². The molecule has 4 heteroatoms. The van der Waals surface area contributed by atoms with Crippen LogP contribution in [0.15, 0.2) is 42.5 Å². The van der Waals surface area contributed by atoms with Crippen LogP contribution >= 0.6 is 0 Å².